The van der Waals surface area contributed by atoms with Crippen LogP contribution in [0.4, 0.5) is 8.78 Å². The second kappa shape index (κ2) is 5.80. The molecule has 0 amide bonds. The molecule has 2 N–H and O–H groups in total. The molecule has 2 rings (SSSR count). The molecule has 0 aliphatic carbocycles. The van der Waals surface area contributed by atoms with Gasteiger partial charge in [-0.3, -0.25) is 0 Å². The van der Waals surface area contributed by atoms with Gasteiger partial charge < -0.3 is 10.5 Å². The molecule has 19 heavy (non-hydrogen) atoms. The zero-order valence-electron chi connectivity index (χ0n) is 10.6. The second-order valence-electron chi connectivity index (χ2n) is 4.39. The Hall–Kier alpha value is -1.94. The van der Waals surface area contributed by atoms with E-state index in [2.05, 4.69) is 0 Å². The molecule has 1 atom stereocenters. The normalized spacial score (nSPS) is 12.2. The molecule has 0 spiro atoms. The molecule has 0 aromatic heterocycles. The molecule has 2 aromatic rings. The minimum absolute atomic E-state index is 0.161. The topological polar surface area (TPSA) is 35.2 Å². The molecule has 0 fully saturated rings. The first kappa shape index (κ1) is 13.5. The highest BCUT2D eigenvalue weighted by Gasteiger charge is 2.07. The number of hydrogen-bond acceptors (Lipinski definition) is 2. The molecular formula is C15H15F2NO. The van der Waals surface area contributed by atoms with Crippen LogP contribution in [0.1, 0.15) is 24.1 Å². The molecule has 0 aliphatic heterocycles. The van der Waals surface area contributed by atoms with Crippen molar-refractivity contribution in [3.63, 3.8) is 0 Å². The Bertz CT molecular complexity index is 553. The van der Waals surface area contributed by atoms with Gasteiger partial charge in [0.2, 0.25) is 0 Å². The van der Waals surface area contributed by atoms with Gasteiger partial charge in [-0.15, -0.1) is 0 Å². The van der Waals surface area contributed by atoms with Gasteiger partial charge in [-0.05, 0) is 42.3 Å². The standard InChI is InChI=1S/C15H15F2NO/c1-10(18)12-4-7-15(14(17)8-12)19-9-11-2-5-13(16)6-3-11/h2-8,10H,9,18H2,1H3/t10-/m1/s1. The second-order valence-corrected chi connectivity index (χ2v) is 4.39. The van der Waals surface area contributed by atoms with Crippen molar-refractivity contribution >= 4 is 0 Å². The van der Waals surface area contributed by atoms with Crippen molar-refractivity contribution < 1.29 is 13.5 Å². The van der Waals surface area contributed by atoms with Crippen LogP contribution in [0.15, 0.2) is 42.5 Å². The first-order chi connectivity index (χ1) is 9.06. The average molecular weight is 263 g/mol. The van der Waals surface area contributed by atoms with Crippen molar-refractivity contribution in [2.24, 2.45) is 5.73 Å². The molecule has 0 saturated heterocycles. The third-order valence-corrected chi connectivity index (χ3v) is 2.79. The molecule has 0 radical (unpaired) electrons. The van der Waals surface area contributed by atoms with Crippen LogP contribution in [0, 0.1) is 11.6 Å². The van der Waals surface area contributed by atoms with E-state index in [1.807, 2.05) is 0 Å². The summed E-state index contributed by atoms with van der Waals surface area (Å²) in [6.07, 6.45) is 0. The monoisotopic (exact) mass is 263 g/mol. The third kappa shape index (κ3) is 3.51. The summed E-state index contributed by atoms with van der Waals surface area (Å²) < 4.78 is 31.8. The van der Waals surface area contributed by atoms with Gasteiger partial charge >= 0.3 is 0 Å². The molecule has 0 bridgehead atoms. The lowest BCUT2D eigenvalue weighted by Crippen LogP contribution is -2.06. The van der Waals surface area contributed by atoms with E-state index in [-0.39, 0.29) is 24.2 Å². The minimum Gasteiger partial charge on any atom is -0.486 e. The van der Waals surface area contributed by atoms with E-state index in [4.69, 9.17) is 10.5 Å². The summed E-state index contributed by atoms with van der Waals surface area (Å²) in [6, 6.07) is 10.3. The van der Waals surface area contributed by atoms with Gasteiger partial charge in [0.1, 0.15) is 12.4 Å². The van der Waals surface area contributed by atoms with Crippen LogP contribution in [-0.2, 0) is 6.61 Å². The lowest BCUT2D eigenvalue weighted by molar-refractivity contribution is 0.290. The van der Waals surface area contributed by atoms with Crippen molar-refractivity contribution in [2.75, 3.05) is 0 Å². The fraction of sp³-hybridized carbons (Fsp3) is 0.200. The number of benzene rings is 2. The van der Waals surface area contributed by atoms with Gasteiger partial charge in [0.25, 0.3) is 0 Å². The average Bonchev–Trinajstić information content (AvgIpc) is 2.39. The zero-order valence-corrected chi connectivity index (χ0v) is 10.6. The van der Waals surface area contributed by atoms with Crippen molar-refractivity contribution in [3.8, 4) is 5.75 Å². The van der Waals surface area contributed by atoms with Gasteiger partial charge in [0, 0.05) is 6.04 Å². The van der Waals surface area contributed by atoms with Crippen LogP contribution in [-0.4, -0.2) is 0 Å². The van der Waals surface area contributed by atoms with Crippen molar-refractivity contribution in [1.82, 2.24) is 0 Å². The predicted molar refractivity (Wildman–Crippen MR) is 69.7 cm³/mol. The maximum atomic E-state index is 13.7. The molecule has 2 aromatic carbocycles. The molecule has 0 unspecified atom stereocenters. The lowest BCUT2D eigenvalue weighted by Gasteiger charge is -2.10. The maximum absolute atomic E-state index is 13.7. The number of halogens is 2. The van der Waals surface area contributed by atoms with Crippen LogP contribution in [0.5, 0.6) is 5.75 Å². The van der Waals surface area contributed by atoms with Gasteiger partial charge in [-0.25, -0.2) is 8.78 Å². The summed E-state index contributed by atoms with van der Waals surface area (Å²) in [6.45, 7) is 1.97. The third-order valence-electron chi connectivity index (χ3n) is 2.79. The van der Waals surface area contributed by atoms with Crippen LogP contribution in [0.2, 0.25) is 0 Å². The number of rotatable bonds is 4. The summed E-state index contributed by atoms with van der Waals surface area (Å²) in [5, 5.41) is 0. The largest absolute Gasteiger partial charge is 0.486 e. The fourth-order valence-corrected chi connectivity index (χ4v) is 1.66. The van der Waals surface area contributed by atoms with Crippen LogP contribution >= 0.6 is 0 Å². The molecule has 0 heterocycles. The van der Waals surface area contributed by atoms with E-state index < -0.39 is 5.82 Å². The Kier molecular flexibility index (Phi) is 4.12. The first-order valence-electron chi connectivity index (χ1n) is 5.98. The van der Waals surface area contributed by atoms with E-state index in [9.17, 15) is 8.78 Å². The van der Waals surface area contributed by atoms with E-state index in [0.29, 0.717) is 5.56 Å². The SMILES string of the molecule is C[C@@H](N)c1ccc(OCc2ccc(F)cc2)c(F)c1. The highest BCUT2D eigenvalue weighted by Crippen LogP contribution is 2.22. The summed E-state index contributed by atoms with van der Waals surface area (Å²) in [5.74, 6) is -0.596. The molecule has 100 valence electrons. The highest BCUT2D eigenvalue weighted by atomic mass is 19.1. The zero-order chi connectivity index (χ0) is 13.8. The van der Waals surface area contributed by atoms with Gasteiger partial charge in [0.15, 0.2) is 11.6 Å². The van der Waals surface area contributed by atoms with Crippen LogP contribution in [0.25, 0.3) is 0 Å². The van der Waals surface area contributed by atoms with Gasteiger partial charge in [-0.2, -0.15) is 0 Å². The minimum atomic E-state index is -0.447. The molecule has 2 nitrogen and oxygen atoms in total. The Morgan fingerprint density at radius 2 is 1.79 bits per heavy atom. The molecular weight excluding hydrogens is 248 g/mol. The van der Waals surface area contributed by atoms with Crippen molar-refractivity contribution in [1.29, 1.82) is 0 Å². The van der Waals surface area contributed by atoms with E-state index in [1.54, 1.807) is 31.2 Å². The van der Waals surface area contributed by atoms with E-state index in [0.717, 1.165) is 5.56 Å². The number of nitrogens with two attached hydrogens (primary N) is 1. The lowest BCUT2D eigenvalue weighted by atomic mass is 10.1. The summed E-state index contributed by atoms with van der Waals surface area (Å²) in [4.78, 5) is 0. The van der Waals surface area contributed by atoms with E-state index in [1.165, 1.54) is 18.2 Å². The van der Waals surface area contributed by atoms with Crippen LogP contribution in [0.3, 0.4) is 0 Å². The number of ether oxygens (including phenoxy) is 1. The molecule has 0 aliphatic rings. The molecule has 4 heteroatoms. The van der Waals surface area contributed by atoms with Crippen LogP contribution < -0.4 is 10.5 Å². The Morgan fingerprint density at radius 1 is 1.11 bits per heavy atom. The number of hydrogen-bond donors (Lipinski definition) is 1. The smallest absolute Gasteiger partial charge is 0.165 e. The highest BCUT2D eigenvalue weighted by molar-refractivity contribution is 5.31. The van der Waals surface area contributed by atoms with Gasteiger partial charge in [0.05, 0.1) is 0 Å². The Morgan fingerprint density at radius 3 is 2.37 bits per heavy atom. The van der Waals surface area contributed by atoms with Crippen molar-refractivity contribution in [3.05, 3.63) is 65.2 Å². The quantitative estimate of drug-likeness (QED) is 0.915. The Labute approximate surface area is 110 Å². The maximum Gasteiger partial charge on any atom is 0.165 e. The summed E-state index contributed by atoms with van der Waals surface area (Å²) in [7, 11) is 0. The predicted octanol–water partition coefficient (Wildman–Crippen LogP) is 3.56. The fourth-order valence-electron chi connectivity index (χ4n) is 1.66. The van der Waals surface area contributed by atoms with Crippen molar-refractivity contribution in [2.45, 2.75) is 19.6 Å². The Balaban J connectivity index is 2.05. The molecule has 0 saturated carbocycles. The summed E-state index contributed by atoms with van der Waals surface area (Å²) >= 11 is 0. The van der Waals surface area contributed by atoms with E-state index >= 15 is 0 Å². The van der Waals surface area contributed by atoms with Gasteiger partial charge in [-0.1, -0.05) is 18.2 Å². The first-order valence-corrected chi connectivity index (χ1v) is 5.98. The summed E-state index contributed by atoms with van der Waals surface area (Å²) in [5.41, 5.74) is 7.16.